The summed E-state index contributed by atoms with van der Waals surface area (Å²) in [7, 11) is 0. The van der Waals surface area contributed by atoms with Gasteiger partial charge < -0.3 is 0 Å². The van der Waals surface area contributed by atoms with E-state index in [4.69, 9.17) is 0 Å². The molecule has 0 bridgehead atoms. The summed E-state index contributed by atoms with van der Waals surface area (Å²) in [6.45, 7) is 8.50. The first-order chi connectivity index (χ1) is 10.9. The molecular formula is C21H28O2. The Bertz CT molecular complexity index is 597. The summed E-state index contributed by atoms with van der Waals surface area (Å²) in [4.78, 5) is 24.4. The maximum Gasteiger partial charge on any atom is 0.160 e. The minimum atomic E-state index is -0.153. The van der Waals surface area contributed by atoms with Crippen LogP contribution in [0.5, 0.6) is 0 Å². The van der Waals surface area contributed by atoms with Gasteiger partial charge in [0.1, 0.15) is 0 Å². The molecule has 2 nitrogen and oxygen atoms in total. The number of hydrogen-bond acceptors (Lipinski definition) is 2. The highest BCUT2D eigenvalue weighted by molar-refractivity contribution is 6.07. The maximum atomic E-state index is 12.3. The largest absolute Gasteiger partial charge is 0.295 e. The topological polar surface area (TPSA) is 34.1 Å². The number of hydrogen-bond donors (Lipinski definition) is 0. The molecule has 2 heteroatoms. The number of carbonyl (C=O) groups excluding carboxylic acids is 2. The Morgan fingerprint density at radius 1 is 1.13 bits per heavy atom. The van der Waals surface area contributed by atoms with Crippen LogP contribution in [-0.4, -0.2) is 11.6 Å². The molecule has 0 aromatic heterocycles. The molecule has 0 fully saturated rings. The van der Waals surface area contributed by atoms with Gasteiger partial charge in [-0.2, -0.15) is 0 Å². The van der Waals surface area contributed by atoms with Gasteiger partial charge in [0.2, 0.25) is 0 Å². The SMILES string of the molecule is CC(C)=CCC/C(C)=C/CC1C(C)=CCC2C(=O)C=CC(=O)C21. The van der Waals surface area contributed by atoms with Gasteiger partial charge in [-0.3, -0.25) is 9.59 Å². The molecule has 2 aliphatic rings. The van der Waals surface area contributed by atoms with Gasteiger partial charge in [0.05, 0.1) is 0 Å². The van der Waals surface area contributed by atoms with E-state index in [9.17, 15) is 9.59 Å². The summed E-state index contributed by atoms with van der Waals surface area (Å²) < 4.78 is 0. The second-order valence-electron chi connectivity index (χ2n) is 7.17. The average Bonchev–Trinajstić information content (AvgIpc) is 2.49. The van der Waals surface area contributed by atoms with Crippen LogP contribution >= 0.6 is 0 Å². The predicted octanol–water partition coefficient (Wildman–Crippen LogP) is 4.98. The van der Waals surface area contributed by atoms with Crippen LogP contribution in [0.3, 0.4) is 0 Å². The Balaban J connectivity index is 2.08. The van der Waals surface area contributed by atoms with E-state index in [0.717, 1.165) is 19.3 Å². The van der Waals surface area contributed by atoms with E-state index in [2.05, 4.69) is 45.9 Å². The maximum absolute atomic E-state index is 12.3. The quantitative estimate of drug-likeness (QED) is 0.671. The predicted molar refractivity (Wildman–Crippen MR) is 95.0 cm³/mol. The number of carbonyl (C=O) groups is 2. The summed E-state index contributed by atoms with van der Waals surface area (Å²) in [5, 5.41) is 0. The molecule has 0 amide bonds. The molecular weight excluding hydrogens is 284 g/mol. The van der Waals surface area contributed by atoms with E-state index in [-0.39, 0.29) is 29.3 Å². The normalized spacial score (nSPS) is 27.6. The molecule has 0 radical (unpaired) electrons. The van der Waals surface area contributed by atoms with Crippen molar-refractivity contribution in [3.63, 3.8) is 0 Å². The Kier molecular flexibility index (Phi) is 5.92. The zero-order valence-electron chi connectivity index (χ0n) is 14.8. The summed E-state index contributed by atoms with van der Waals surface area (Å²) in [6.07, 6.45) is 13.3. The Labute approximate surface area is 140 Å². The molecule has 0 N–H and O–H groups in total. The minimum Gasteiger partial charge on any atom is -0.295 e. The first kappa shape index (κ1) is 17.7. The fourth-order valence-corrected chi connectivity index (χ4v) is 3.61. The van der Waals surface area contributed by atoms with Crippen LogP contribution in [0.1, 0.15) is 53.4 Å². The number of fused-ring (bicyclic) bond motifs is 1. The summed E-state index contributed by atoms with van der Waals surface area (Å²) in [5.41, 5.74) is 3.98. The third-order valence-corrected chi connectivity index (χ3v) is 5.06. The van der Waals surface area contributed by atoms with Crippen LogP contribution in [0.4, 0.5) is 0 Å². The Morgan fingerprint density at radius 2 is 1.83 bits per heavy atom. The van der Waals surface area contributed by atoms with Gasteiger partial charge in [-0.15, -0.1) is 0 Å². The monoisotopic (exact) mass is 312 g/mol. The smallest absolute Gasteiger partial charge is 0.160 e. The lowest BCUT2D eigenvalue weighted by Gasteiger charge is -2.36. The third-order valence-electron chi connectivity index (χ3n) is 5.06. The van der Waals surface area contributed by atoms with Crippen molar-refractivity contribution in [2.45, 2.75) is 53.4 Å². The van der Waals surface area contributed by atoms with Gasteiger partial charge in [-0.05, 0) is 71.4 Å². The van der Waals surface area contributed by atoms with Crippen LogP contribution in [0, 0.1) is 17.8 Å². The van der Waals surface area contributed by atoms with Gasteiger partial charge in [-0.25, -0.2) is 0 Å². The molecule has 2 aliphatic carbocycles. The van der Waals surface area contributed by atoms with Crippen molar-refractivity contribution in [2.75, 3.05) is 0 Å². The van der Waals surface area contributed by atoms with Crippen molar-refractivity contribution in [2.24, 2.45) is 17.8 Å². The van der Waals surface area contributed by atoms with Crippen molar-refractivity contribution < 1.29 is 9.59 Å². The van der Waals surface area contributed by atoms with E-state index in [1.807, 2.05) is 0 Å². The van der Waals surface area contributed by atoms with Crippen LogP contribution in [0.15, 0.2) is 47.1 Å². The van der Waals surface area contributed by atoms with Crippen LogP contribution in [0.25, 0.3) is 0 Å². The number of ketones is 2. The van der Waals surface area contributed by atoms with Crippen molar-refractivity contribution in [3.05, 3.63) is 47.1 Å². The highest BCUT2D eigenvalue weighted by Gasteiger charge is 2.41. The van der Waals surface area contributed by atoms with Crippen LogP contribution < -0.4 is 0 Å². The zero-order chi connectivity index (χ0) is 17.0. The summed E-state index contributed by atoms with van der Waals surface area (Å²) in [5.74, 6) is 0.128. The summed E-state index contributed by atoms with van der Waals surface area (Å²) in [6, 6.07) is 0. The lowest BCUT2D eigenvalue weighted by molar-refractivity contribution is -0.130. The van der Waals surface area contributed by atoms with E-state index in [0.29, 0.717) is 6.42 Å². The molecule has 23 heavy (non-hydrogen) atoms. The fourth-order valence-electron chi connectivity index (χ4n) is 3.61. The van der Waals surface area contributed by atoms with E-state index >= 15 is 0 Å². The standard InChI is InChI=1S/C21H28O2/c1-14(2)6-5-7-15(3)8-10-17-16(4)9-11-18-19(22)12-13-20(23)21(17)18/h6,8-9,12-13,17-18,21H,5,7,10-11H2,1-4H3/b15-8+. The fraction of sp³-hybridized carbons (Fsp3) is 0.524. The Morgan fingerprint density at radius 3 is 2.52 bits per heavy atom. The second-order valence-corrected chi connectivity index (χ2v) is 7.17. The first-order valence-corrected chi connectivity index (χ1v) is 8.61. The Hall–Kier alpha value is -1.70. The molecule has 0 heterocycles. The molecule has 0 saturated heterocycles. The zero-order valence-corrected chi connectivity index (χ0v) is 14.8. The van der Waals surface area contributed by atoms with E-state index in [1.165, 1.54) is 28.9 Å². The van der Waals surface area contributed by atoms with E-state index in [1.54, 1.807) is 0 Å². The molecule has 0 aromatic carbocycles. The first-order valence-electron chi connectivity index (χ1n) is 8.61. The van der Waals surface area contributed by atoms with Crippen molar-refractivity contribution >= 4 is 11.6 Å². The van der Waals surface area contributed by atoms with Gasteiger partial charge in [0.25, 0.3) is 0 Å². The lowest BCUT2D eigenvalue weighted by atomic mass is 9.65. The average molecular weight is 312 g/mol. The van der Waals surface area contributed by atoms with Crippen molar-refractivity contribution in [1.29, 1.82) is 0 Å². The van der Waals surface area contributed by atoms with Crippen molar-refractivity contribution in [3.8, 4) is 0 Å². The molecule has 0 aliphatic heterocycles. The minimum absolute atomic E-state index is 0.118. The second kappa shape index (κ2) is 7.72. The molecule has 3 unspecified atom stereocenters. The third kappa shape index (κ3) is 4.40. The highest BCUT2D eigenvalue weighted by Crippen LogP contribution is 2.40. The van der Waals surface area contributed by atoms with Crippen LogP contribution in [-0.2, 0) is 9.59 Å². The number of allylic oxidation sites excluding steroid dienone is 8. The van der Waals surface area contributed by atoms with E-state index < -0.39 is 0 Å². The molecule has 3 atom stereocenters. The summed E-state index contributed by atoms with van der Waals surface area (Å²) >= 11 is 0. The molecule has 0 aromatic rings. The van der Waals surface area contributed by atoms with Gasteiger partial charge >= 0.3 is 0 Å². The van der Waals surface area contributed by atoms with Gasteiger partial charge in [-0.1, -0.05) is 34.9 Å². The highest BCUT2D eigenvalue weighted by atomic mass is 16.1. The number of rotatable bonds is 5. The molecule has 0 saturated carbocycles. The lowest BCUT2D eigenvalue weighted by Crippen LogP contribution is -2.39. The molecule has 124 valence electrons. The molecule has 0 spiro atoms. The van der Waals surface area contributed by atoms with Gasteiger partial charge in [0.15, 0.2) is 11.6 Å². The van der Waals surface area contributed by atoms with Crippen molar-refractivity contribution in [1.82, 2.24) is 0 Å². The molecule has 2 rings (SSSR count). The van der Waals surface area contributed by atoms with Gasteiger partial charge in [0, 0.05) is 11.8 Å². The van der Waals surface area contributed by atoms with Crippen LogP contribution in [0.2, 0.25) is 0 Å².